The highest BCUT2D eigenvalue weighted by Gasteiger charge is 2.05. The summed E-state index contributed by atoms with van der Waals surface area (Å²) in [6.07, 6.45) is 1.02. The van der Waals surface area contributed by atoms with Gasteiger partial charge in [-0.1, -0.05) is 6.92 Å². The maximum atomic E-state index is 8.85. The molecule has 0 saturated carbocycles. The van der Waals surface area contributed by atoms with Crippen LogP contribution >= 0.6 is 0 Å². The number of aliphatic hydroxyl groups is 1. The molecular formula is C10H19N5O. The number of aliphatic hydroxyl groups excluding tert-OH is 1. The summed E-state index contributed by atoms with van der Waals surface area (Å²) < 4.78 is 0. The van der Waals surface area contributed by atoms with Gasteiger partial charge in [0.25, 0.3) is 0 Å². The fraction of sp³-hybridized carbons (Fsp3) is 0.600. The molecule has 0 aliphatic carbocycles. The lowest BCUT2D eigenvalue weighted by Crippen LogP contribution is -2.23. The molecule has 0 saturated heterocycles. The number of hydrogen-bond acceptors (Lipinski definition) is 6. The number of nitrogens with one attached hydrogen (secondary N) is 1. The highest BCUT2D eigenvalue weighted by Crippen LogP contribution is 2.15. The Kier molecular flexibility index (Phi) is 4.78. The summed E-state index contributed by atoms with van der Waals surface area (Å²) in [6.45, 7) is 3.53. The Morgan fingerprint density at radius 3 is 2.88 bits per heavy atom. The first-order valence-electron chi connectivity index (χ1n) is 5.37. The Labute approximate surface area is 95.5 Å². The second-order valence-electron chi connectivity index (χ2n) is 3.54. The molecule has 6 heteroatoms. The predicted molar refractivity (Wildman–Crippen MR) is 65.6 cm³/mol. The number of aromatic nitrogens is 2. The smallest absolute Gasteiger partial charge is 0.223 e. The lowest BCUT2D eigenvalue weighted by Gasteiger charge is -2.17. The van der Waals surface area contributed by atoms with Crippen molar-refractivity contribution in [3.8, 4) is 0 Å². The molecule has 0 fully saturated rings. The van der Waals surface area contributed by atoms with Crippen LogP contribution in [0.15, 0.2) is 6.07 Å². The molecule has 1 rings (SSSR count). The van der Waals surface area contributed by atoms with Gasteiger partial charge in [0.1, 0.15) is 11.6 Å². The van der Waals surface area contributed by atoms with Crippen LogP contribution in [0.4, 0.5) is 17.6 Å². The van der Waals surface area contributed by atoms with Gasteiger partial charge < -0.3 is 21.1 Å². The van der Waals surface area contributed by atoms with Gasteiger partial charge in [-0.2, -0.15) is 9.97 Å². The Morgan fingerprint density at radius 1 is 1.50 bits per heavy atom. The Hall–Kier alpha value is -1.56. The van der Waals surface area contributed by atoms with Gasteiger partial charge in [-0.25, -0.2) is 0 Å². The number of nitrogens with two attached hydrogens (primary N) is 1. The summed E-state index contributed by atoms with van der Waals surface area (Å²) in [5.74, 6) is 1.66. The molecule has 16 heavy (non-hydrogen) atoms. The third-order valence-corrected chi connectivity index (χ3v) is 2.11. The highest BCUT2D eigenvalue weighted by atomic mass is 16.3. The molecule has 0 aliphatic heterocycles. The Morgan fingerprint density at radius 2 is 2.25 bits per heavy atom. The van der Waals surface area contributed by atoms with Crippen molar-refractivity contribution < 1.29 is 5.11 Å². The van der Waals surface area contributed by atoms with Crippen LogP contribution < -0.4 is 16.0 Å². The molecule has 0 radical (unpaired) electrons. The number of rotatable bonds is 6. The average Bonchev–Trinajstić information content (AvgIpc) is 2.26. The molecule has 1 aromatic heterocycles. The van der Waals surface area contributed by atoms with E-state index >= 15 is 0 Å². The van der Waals surface area contributed by atoms with Crippen LogP contribution in [0, 0.1) is 0 Å². The van der Waals surface area contributed by atoms with E-state index in [0.29, 0.717) is 18.2 Å². The average molecular weight is 225 g/mol. The van der Waals surface area contributed by atoms with E-state index in [1.54, 1.807) is 0 Å². The Balaban J connectivity index is 2.80. The van der Waals surface area contributed by atoms with Gasteiger partial charge in [0.2, 0.25) is 5.95 Å². The van der Waals surface area contributed by atoms with Crippen LogP contribution in [0.5, 0.6) is 0 Å². The van der Waals surface area contributed by atoms with E-state index in [-0.39, 0.29) is 12.6 Å². The molecule has 0 amide bonds. The van der Waals surface area contributed by atoms with Crippen LogP contribution in [0.25, 0.3) is 0 Å². The monoisotopic (exact) mass is 225 g/mol. The minimum absolute atomic E-state index is 0.0815. The summed E-state index contributed by atoms with van der Waals surface area (Å²) in [5, 5.41) is 12.0. The zero-order chi connectivity index (χ0) is 12.0. The molecule has 0 bridgehead atoms. The largest absolute Gasteiger partial charge is 0.395 e. The summed E-state index contributed by atoms with van der Waals surface area (Å²) in [4.78, 5) is 10.0. The number of anilines is 3. The topological polar surface area (TPSA) is 87.3 Å². The normalized spacial score (nSPS) is 10.2. The molecule has 0 aliphatic rings. The van der Waals surface area contributed by atoms with Crippen molar-refractivity contribution in [2.24, 2.45) is 0 Å². The van der Waals surface area contributed by atoms with Gasteiger partial charge in [-0.05, 0) is 6.42 Å². The second-order valence-corrected chi connectivity index (χ2v) is 3.54. The summed E-state index contributed by atoms with van der Waals surface area (Å²) in [6, 6.07) is 1.82. The molecule has 0 unspecified atom stereocenters. The second kappa shape index (κ2) is 6.12. The zero-order valence-corrected chi connectivity index (χ0v) is 9.77. The van der Waals surface area contributed by atoms with Gasteiger partial charge in [0.05, 0.1) is 6.61 Å². The first-order chi connectivity index (χ1) is 7.67. The molecule has 0 spiro atoms. The van der Waals surface area contributed by atoms with Crippen LogP contribution in [0.2, 0.25) is 0 Å². The van der Waals surface area contributed by atoms with Crippen LogP contribution in [-0.4, -0.2) is 41.8 Å². The standard InChI is InChI=1S/C10H19N5O/c1-3-4-12-8-7-9(14-10(11)13-8)15(2)5-6-16/h7,16H,3-6H2,1-2H3,(H3,11,12,13,14). The molecule has 4 N–H and O–H groups in total. The van der Waals surface area contributed by atoms with Gasteiger partial charge in [0.15, 0.2) is 0 Å². The maximum absolute atomic E-state index is 8.85. The minimum Gasteiger partial charge on any atom is -0.395 e. The van der Waals surface area contributed by atoms with E-state index in [9.17, 15) is 0 Å². The first kappa shape index (κ1) is 12.5. The van der Waals surface area contributed by atoms with E-state index in [2.05, 4.69) is 22.2 Å². The molecule has 0 atom stereocenters. The van der Waals surface area contributed by atoms with Crippen molar-refractivity contribution in [1.29, 1.82) is 0 Å². The number of nitrogen functional groups attached to an aromatic ring is 1. The summed E-state index contributed by atoms with van der Waals surface area (Å²) in [5.41, 5.74) is 5.61. The first-order valence-corrected chi connectivity index (χ1v) is 5.37. The van der Waals surface area contributed by atoms with Crippen LogP contribution in [0.1, 0.15) is 13.3 Å². The molecule has 6 nitrogen and oxygen atoms in total. The summed E-state index contributed by atoms with van der Waals surface area (Å²) >= 11 is 0. The summed E-state index contributed by atoms with van der Waals surface area (Å²) in [7, 11) is 1.85. The number of likely N-dealkylation sites (N-methyl/N-ethyl adjacent to an activating group) is 1. The third kappa shape index (κ3) is 3.54. The molecule has 1 heterocycles. The van der Waals surface area contributed by atoms with Crippen molar-refractivity contribution in [2.75, 3.05) is 42.7 Å². The molecule has 0 aromatic carbocycles. The van der Waals surface area contributed by atoms with Crippen molar-refractivity contribution in [1.82, 2.24) is 9.97 Å². The fourth-order valence-corrected chi connectivity index (χ4v) is 1.26. The van der Waals surface area contributed by atoms with Gasteiger partial charge in [-0.15, -0.1) is 0 Å². The number of nitrogens with zero attached hydrogens (tertiary/aromatic N) is 3. The van der Waals surface area contributed by atoms with E-state index < -0.39 is 0 Å². The van der Waals surface area contributed by atoms with E-state index in [0.717, 1.165) is 13.0 Å². The van der Waals surface area contributed by atoms with Crippen molar-refractivity contribution in [2.45, 2.75) is 13.3 Å². The number of hydrogen-bond donors (Lipinski definition) is 3. The van der Waals surface area contributed by atoms with Crippen LogP contribution in [0.3, 0.4) is 0 Å². The van der Waals surface area contributed by atoms with E-state index in [4.69, 9.17) is 10.8 Å². The van der Waals surface area contributed by atoms with E-state index in [1.165, 1.54) is 0 Å². The predicted octanol–water partition coefficient (Wildman–Crippen LogP) is 0.309. The lowest BCUT2D eigenvalue weighted by molar-refractivity contribution is 0.304. The molecule has 90 valence electrons. The van der Waals surface area contributed by atoms with E-state index in [1.807, 2.05) is 18.0 Å². The van der Waals surface area contributed by atoms with Crippen molar-refractivity contribution in [3.05, 3.63) is 6.07 Å². The third-order valence-electron chi connectivity index (χ3n) is 2.11. The van der Waals surface area contributed by atoms with Crippen molar-refractivity contribution >= 4 is 17.6 Å². The molecule has 1 aromatic rings. The Bertz CT molecular complexity index is 331. The van der Waals surface area contributed by atoms with Gasteiger partial charge in [-0.3, -0.25) is 0 Å². The zero-order valence-electron chi connectivity index (χ0n) is 9.77. The highest BCUT2D eigenvalue weighted by molar-refractivity contribution is 5.52. The fourth-order valence-electron chi connectivity index (χ4n) is 1.26. The SMILES string of the molecule is CCCNc1cc(N(C)CCO)nc(N)n1. The quantitative estimate of drug-likeness (QED) is 0.646. The van der Waals surface area contributed by atoms with Crippen molar-refractivity contribution in [3.63, 3.8) is 0 Å². The van der Waals surface area contributed by atoms with Crippen LogP contribution in [-0.2, 0) is 0 Å². The van der Waals surface area contributed by atoms with Gasteiger partial charge in [0, 0.05) is 26.2 Å². The molecular weight excluding hydrogens is 206 g/mol. The van der Waals surface area contributed by atoms with Gasteiger partial charge >= 0.3 is 0 Å². The lowest BCUT2D eigenvalue weighted by atomic mass is 10.4. The minimum atomic E-state index is 0.0815. The maximum Gasteiger partial charge on any atom is 0.223 e.